The zero-order valence-corrected chi connectivity index (χ0v) is 9.17. The average Bonchev–Trinajstić information content (AvgIpc) is 2.27. The van der Waals surface area contributed by atoms with Gasteiger partial charge in [-0.1, -0.05) is 19.1 Å². The van der Waals surface area contributed by atoms with E-state index in [0.29, 0.717) is 12.0 Å². The van der Waals surface area contributed by atoms with Gasteiger partial charge in [-0.2, -0.15) is 17.6 Å². The fraction of sp³-hybridized carbons (Fsp3) is 0.455. The molecule has 0 bridgehead atoms. The van der Waals surface area contributed by atoms with E-state index in [1.165, 1.54) is 18.2 Å². The lowest BCUT2D eigenvalue weighted by Crippen LogP contribution is -2.33. The third kappa shape index (κ3) is 3.59. The van der Waals surface area contributed by atoms with Crippen molar-refractivity contribution in [2.24, 2.45) is 5.73 Å². The highest BCUT2D eigenvalue weighted by Crippen LogP contribution is 2.29. The lowest BCUT2D eigenvalue weighted by molar-refractivity contribution is -0.253. The molecule has 0 saturated carbocycles. The van der Waals surface area contributed by atoms with Crippen molar-refractivity contribution in [3.63, 3.8) is 0 Å². The standard InChI is InChI=1S/C11H13F4NO/c1-2-9(16)7-4-3-5-8(6-7)17-11(14,15)10(12)13/h3-6,9-10H,2,16H2,1H3/t9-/m0/s1. The topological polar surface area (TPSA) is 35.2 Å². The van der Waals surface area contributed by atoms with Gasteiger partial charge in [-0.05, 0) is 24.1 Å². The second-order valence-corrected chi connectivity index (χ2v) is 3.55. The summed E-state index contributed by atoms with van der Waals surface area (Å²) in [6.07, 6.45) is -7.75. The fourth-order valence-corrected chi connectivity index (χ4v) is 1.25. The molecule has 2 N–H and O–H groups in total. The minimum Gasteiger partial charge on any atom is -0.428 e. The van der Waals surface area contributed by atoms with E-state index in [1.807, 2.05) is 6.92 Å². The maximum absolute atomic E-state index is 12.6. The van der Waals surface area contributed by atoms with Gasteiger partial charge in [0.15, 0.2) is 0 Å². The zero-order valence-electron chi connectivity index (χ0n) is 9.17. The first-order valence-electron chi connectivity index (χ1n) is 5.07. The molecule has 1 aromatic rings. The summed E-state index contributed by atoms with van der Waals surface area (Å²) in [6.45, 7) is 1.83. The number of hydrogen-bond acceptors (Lipinski definition) is 2. The smallest absolute Gasteiger partial charge is 0.428 e. The largest absolute Gasteiger partial charge is 0.461 e. The van der Waals surface area contributed by atoms with Gasteiger partial charge in [-0.25, -0.2) is 0 Å². The summed E-state index contributed by atoms with van der Waals surface area (Å²) < 4.78 is 53.1. The molecule has 1 atom stereocenters. The number of benzene rings is 1. The maximum Gasteiger partial charge on any atom is 0.461 e. The van der Waals surface area contributed by atoms with Crippen LogP contribution in [0.2, 0.25) is 0 Å². The van der Waals surface area contributed by atoms with Crippen molar-refractivity contribution in [3.05, 3.63) is 29.8 Å². The summed E-state index contributed by atoms with van der Waals surface area (Å²) in [7, 11) is 0. The van der Waals surface area contributed by atoms with Crippen molar-refractivity contribution in [1.82, 2.24) is 0 Å². The van der Waals surface area contributed by atoms with Gasteiger partial charge >= 0.3 is 12.5 Å². The monoisotopic (exact) mass is 251 g/mol. The molecule has 0 unspecified atom stereocenters. The van der Waals surface area contributed by atoms with Gasteiger partial charge in [0.05, 0.1) is 0 Å². The van der Waals surface area contributed by atoms with E-state index < -0.39 is 12.5 Å². The molecule has 0 aromatic heterocycles. The first kappa shape index (κ1) is 13.8. The van der Waals surface area contributed by atoms with Crippen LogP contribution in [0.5, 0.6) is 5.75 Å². The van der Waals surface area contributed by atoms with E-state index in [1.54, 1.807) is 6.07 Å². The predicted octanol–water partition coefficient (Wildman–Crippen LogP) is 3.33. The van der Waals surface area contributed by atoms with Gasteiger partial charge in [-0.3, -0.25) is 0 Å². The lowest BCUT2D eigenvalue weighted by atomic mass is 10.1. The van der Waals surface area contributed by atoms with Crippen LogP contribution in [0.25, 0.3) is 0 Å². The molecule has 2 nitrogen and oxygen atoms in total. The molecule has 96 valence electrons. The van der Waals surface area contributed by atoms with Crippen LogP contribution >= 0.6 is 0 Å². The van der Waals surface area contributed by atoms with E-state index in [0.717, 1.165) is 0 Å². The van der Waals surface area contributed by atoms with E-state index in [-0.39, 0.29) is 11.8 Å². The molecule has 0 aliphatic heterocycles. The summed E-state index contributed by atoms with van der Waals surface area (Å²) in [5.41, 5.74) is 6.26. The third-order valence-electron chi connectivity index (χ3n) is 2.23. The Labute approximate surface area is 96.4 Å². The summed E-state index contributed by atoms with van der Waals surface area (Å²) in [4.78, 5) is 0. The van der Waals surface area contributed by atoms with Crippen LogP contribution in [-0.4, -0.2) is 12.5 Å². The number of rotatable bonds is 5. The minimum atomic E-state index is -4.49. The molecule has 1 rings (SSSR count). The van der Waals surface area contributed by atoms with Crippen molar-refractivity contribution in [2.75, 3.05) is 0 Å². The molecule has 0 heterocycles. The molecule has 0 radical (unpaired) electrons. The SMILES string of the molecule is CC[C@H](N)c1cccc(OC(F)(F)C(F)F)c1. The molecule has 0 aliphatic rings. The van der Waals surface area contributed by atoms with Crippen molar-refractivity contribution in [2.45, 2.75) is 31.9 Å². The molecule has 0 saturated heterocycles. The van der Waals surface area contributed by atoms with Crippen molar-refractivity contribution < 1.29 is 22.3 Å². The summed E-state index contributed by atoms with van der Waals surface area (Å²) in [6, 6.07) is 5.15. The summed E-state index contributed by atoms with van der Waals surface area (Å²) in [5, 5.41) is 0. The summed E-state index contributed by atoms with van der Waals surface area (Å²) >= 11 is 0. The number of alkyl halides is 4. The van der Waals surface area contributed by atoms with Crippen molar-refractivity contribution in [1.29, 1.82) is 0 Å². The van der Waals surface area contributed by atoms with E-state index >= 15 is 0 Å². The molecule has 0 spiro atoms. The van der Waals surface area contributed by atoms with E-state index in [9.17, 15) is 17.6 Å². The van der Waals surface area contributed by atoms with Crippen molar-refractivity contribution in [3.8, 4) is 5.75 Å². The lowest BCUT2D eigenvalue weighted by Gasteiger charge is -2.18. The quantitative estimate of drug-likeness (QED) is 0.814. The van der Waals surface area contributed by atoms with Gasteiger partial charge < -0.3 is 10.5 Å². The van der Waals surface area contributed by atoms with Crippen LogP contribution < -0.4 is 10.5 Å². The number of halogens is 4. The van der Waals surface area contributed by atoms with Crippen LogP contribution in [0.1, 0.15) is 24.9 Å². The first-order chi connectivity index (χ1) is 7.86. The van der Waals surface area contributed by atoms with Gasteiger partial charge in [0.2, 0.25) is 0 Å². The maximum atomic E-state index is 12.6. The van der Waals surface area contributed by atoms with Gasteiger partial charge in [0.1, 0.15) is 5.75 Å². The second-order valence-electron chi connectivity index (χ2n) is 3.55. The fourth-order valence-electron chi connectivity index (χ4n) is 1.25. The molecule has 1 aromatic carbocycles. The van der Waals surface area contributed by atoms with Gasteiger partial charge in [-0.15, -0.1) is 0 Å². The Morgan fingerprint density at radius 2 is 2.00 bits per heavy atom. The van der Waals surface area contributed by atoms with E-state index in [4.69, 9.17) is 5.73 Å². The summed E-state index contributed by atoms with van der Waals surface area (Å²) in [5.74, 6) is -0.322. The Morgan fingerprint density at radius 3 is 2.53 bits per heavy atom. The molecule has 0 fully saturated rings. The van der Waals surface area contributed by atoms with Gasteiger partial charge in [0.25, 0.3) is 0 Å². The van der Waals surface area contributed by atoms with Crippen LogP contribution in [0.15, 0.2) is 24.3 Å². The average molecular weight is 251 g/mol. The number of hydrogen-bond donors (Lipinski definition) is 1. The molecule has 17 heavy (non-hydrogen) atoms. The molecular formula is C11H13F4NO. The Hall–Kier alpha value is -1.30. The first-order valence-corrected chi connectivity index (χ1v) is 5.07. The Morgan fingerprint density at radius 1 is 1.35 bits per heavy atom. The normalized spacial score (nSPS) is 13.8. The zero-order chi connectivity index (χ0) is 13.1. The van der Waals surface area contributed by atoms with Crippen LogP contribution in [0.3, 0.4) is 0 Å². The minimum absolute atomic E-state index is 0.322. The molecule has 6 heteroatoms. The van der Waals surface area contributed by atoms with Crippen molar-refractivity contribution >= 4 is 0 Å². The highest BCUT2D eigenvalue weighted by Gasteiger charge is 2.43. The van der Waals surface area contributed by atoms with Crippen LogP contribution in [0, 0.1) is 0 Å². The highest BCUT2D eigenvalue weighted by molar-refractivity contribution is 5.30. The van der Waals surface area contributed by atoms with Gasteiger partial charge in [0, 0.05) is 6.04 Å². The Bertz CT molecular complexity index is 370. The van der Waals surface area contributed by atoms with E-state index in [2.05, 4.69) is 4.74 Å². The molecule has 0 aliphatic carbocycles. The predicted molar refractivity (Wildman–Crippen MR) is 55.2 cm³/mol. The Balaban J connectivity index is 2.86. The van der Waals surface area contributed by atoms with Crippen LogP contribution in [-0.2, 0) is 0 Å². The third-order valence-corrected chi connectivity index (χ3v) is 2.23. The molecule has 0 amide bonds. The Kier molecular flexibility index (Phi) is 4.34. The number of nitrogens with two attached hydrogens (primary N) is 1. The van der Waals surface area contributed by atoms with Crippen LogP contribution in [0.4, 0.5) is 17.6 Å². The number of ether oxygens (including phenoxy) is 1. The molecular weight excluding hydrogens is 238 g/mol. The second kappa shape index (κ2) is 5.35. The highest BCUT2D eigenvalue weighted by atomic mass is 19.3.